The van der Waals surface area contributed by atoms with Gasteiger partial charge in [0, 0.05) is 0 Å². The van der Waals surface area contributed by atoms with Crippen molar-refractivity contribution < 1.29 is 0 Å². The zero-order valence-corrected chi connectivity index (χ0v) is 9.07. The molecule has 0 aliphatic rings. The van der Waals surface area contributed by atoms with E-state index in [1.807, 2.05) is 0 Å². The molecule has 0 heterocycles. The van der Waals surface area contributed by atoms with Crippen LogP contribution in [0.4, 0.5) is 0 Å². The molecule has 0 bridgehead atoms. The smallest absolute Gasteiger partial charge is 0.0261 e. The van der Waals surface area contributed by atoms with Gasteiger partial charge in [0.15, 0.2) is 0 Å². The molecule has 0 saturated carbocycles. The van der Waals surface area contributed by atoms with Crippen LogP contribution in [0, 0.1) is 0 Å². The van der Waals surface area contributed by atoms with Gasteiger partial charge >= 0.3 is 0 Å². The molecule has 0 radical (unpaired) electrons. The Kier molecular flexibility index (Phi) is 4.52. The molecule has 0 aliphatic carbocycles. The average Bonchev–Trinajstić information content (AvgIpc) is 1.59. The predicted molar refractivity (Wildman–Crippen MR) is 52.3 cm³/mol. The van der Waals surface area contributed by atoms with Gasteiger partial charge in [0.2, 0.25) is 0 Å². The summed E-state index contributed by atoms with van der Waals surface area (Å²) in [5.74, 6) is 0. The molecule has 0 nitrogen and oxygen atoms in total. The highest BCUT2D eigenvalue weighted by molar-refractivity contribution is 7.59. The Morgan fingerprint density at radius 2 is 0.800 bits per heavy atom. The van der Waals surface area contributed by atoms with Crippen LogP contribution in [0.1, 0.15) is 41.5 Å². The van der Waals surface area contributed by atoms with Crippen LogP contribution in [0.5, 0.6) is 0 Å². The van der Waals surface area contributed by atoms with Gasteiger partial charge in [-0.05, 0) is 17.0 Å². The van der Waals surface area contributed by atoms with E-state index < -0.39 is 0 Å². The summed E-state index contributed by atoms with van der Waals surface area (Å²) in [6, 6.07) is 0. The summed E-state index contributed by atoms with van der Waals surface area (Å²) in [7, 11) is 0.262. The van der Waals surface area contributed by atoms with Crippen molar-refractivity contribution in [3.05, 3.63) is 0 Å². The Balaban J connectivity index is 3.98. The molecule has 0 aromatic carbocycles. The molecule has 1 heteroatoms. The van der Waals surface area contributed by atoms with E-state index >= 15 is 0 Å². The van der Waals surface area contributed by atoms with E-state index in [4.69, 9.17) is 0 Å². The summed E-state index contributed by atoms with van der Waals surface area (Å²) in [5, 5.41) is 0. The van der Waals surface area contributed by atoms with Gasteiger partial charge in [-0.1, -0.05) is 49.5 Å². The van der Waals surface area contributed by atoms with E-state index in [9.17, 15) is 0 Å². The molecule has 0 rings (SSSR count). The third kappa shape index (κ3) is 3.01. The second-order valence-electron chi connectivity index (χ2n) is 3.73. The quantitative estimate of drug-likeness (QED) is 0.552. The summed E-state index contributed by atoms with van der Waals surface area (Å²) >= 11 is 0. The molecular formula is C9H21P. The predicted octanol–water partition coefficient (Wildman–Crippen LogP) is 3.69. The van der Waals surface area contributed by atoms with Gasteiger partial charge in [0.25, 0.3) is 0 Å². The minimum atomic E-state index is 0.262. The van der Waals surface area contributed by atoms with E-state index in [0.717, 1.165) is 17.0 Å². The molecule has 0 saturated heterocycles. The van der Waals surface area contributed by atoms with Crippen molar-refractivity contribution in [2.24, 2.45) is 0 Å². The lowest BCUT2D eigenvalue weighted by Crippen LogP contribution is -2.10. The van der Waals surface area contributed by atoms with Crippen LogP contribution < -0.4 is 0 Å². The van der Waals surface area contributed by atoms with E-state index in [2.05, 4.69) is 41.5 Å². The van der Waals surface area contributed by atoms with Crippen LogP contribution in [0.2, 0.25) is 0 Å². The van der Waals surface area contributed by atoms with Crippen LogP contribution in [0.3, 0.4) is 0 Å². The van der Waals surface area contributed by atoms with Gasteiger partial charge in [-0.25, -0.2) is 0 Å². The van der Waals surface area contributed by atoms with Gasteiger partial charge < -0.3 is 0 Å². The first kappa shape index (κ1) is 10.4. The van der Waals surface area contributed by atoms with E-state index in [1.165, 1.54) is 0 Å². The van der Waals surface area contributed by atoms with Crippen molar-refractivity contribution in [3.63, 3.8) is 0 Å². The number of hydrogen-bond donors (Lipinski definition) is 0. The minimum Gasteiger partial charge on any atom is -0.0988 e. The minimum absolute atomic E-state index is 0.262. The molecule has 0 fully saturated rings. The van der Waals surface area contributed by atoms with Crippen LogP contribution in [0.15, 0.2) is 0 Å². The molecule has 0 aromatic rings. The highest BCUT2D eigenvalue weighted by Crippen LogP contribution is 2.49. The molecule has 0 amide bonds. The lowest BCUT2D eigenvalue weighted by Gasteiger charge is -2.29. The average molecular weight is 160 g/mol. The normalized spacial score (nSPS) is 12.6. The third-order valence-corrected chi connectivity index (χ3v) is 5.37. The van der Waals surface area contributed by atoms with Crippen molar-refractivity contribution in [1.29, 1.82) is 0 Å². The lowest BCUT2D eigenvalue weighted by atomic mass is 10.5. The topological polar surface area (TPSA) is 0 Å². The Hall–Kier alpha value is 0.430. The van der Waals surface area contributed by atoms with Crippen molar-refractivity contribution in [1.82, 2.24) is 0 Å². The summed E-state index contributed by atoms with van der Waals surface area (Å²) in [6.07, 6.45) is 0. The maximum absolute atomic E-state index is 2.35. The molecule has 0 atom stereocenters. The molecule has 0 aliphatic heterocycles. The monoisotopic (exact) mass is 160 g/mol. The van der Waals surface area contributed by atoms with E-state index in [1.54, 1.807) is 0 Å². The Morgan fingerprint density at radius 1 is 0.600 bits per heavy atom. The first-order chi connectivity index (χ1) is 4.46. The van der Waals surface area contributed by atoms with E-state index in [-0.39, 0.29) is 7.92 Å². The van der Waals surface area contributed by atoms with Crippen molar-refractivity contribution in [3.8, 4) is 0 Å². The second kappa shape index (κ2) is 4.34. The Morgan fingerprint density at radius 3 is 0.800 bits per heavy atom. The van der Waals surface area contributed by atoms with Crippen LogP contribution in [-0.4, -0.2) is 17.0 Å². The summed E-state index contributed by atoms with van der Waals surface area (Å²) in [6.45, 7) is 14.1. The Bertz CT molecular complexity index is 65.7. The standard InChI is InChI=1S/C9H21P/c1-7(2)10(8(3)4)9(5)6/h7-9H,1-6H3. The lowest BCUT2D eigenvalue weighted by molar-refractivity contribution is 0.946. The van der Waals surface area contributed by atoms with Crippen LogP contribution in [0.25, 0.3) is 0 Å². The zero-order chi connectivity index (χ0) is 8.31. The molecule has 10 heavy (non-hydrogen) atoms. The van der Waals surface area contributed by atoms with Gasteiger partial charge in [0.05, 0.1) is 0 Å². The van der Waals surface area contributed by atoms with Crippen LogP contribution in [-0.2, 0) is 0 Å². The fourth-order valence-corrected chi connectivity index (χ4v) is 5.37. The number of hydrogen-bond acceptors (Lipinski definition) is 0. The molecule has 0 N–H and O–H groups in total. The van der Waals surface area contributed by atoms with Gasteiger partial charge in [-0.3, -0.25) is 0 Å². The van der Waals surface area contributed by atoms with Gasteiger partial charge in [-0.2, -0.15) is 0 Å². The molecular weight excluding hydrogens is 139 g/mol. The van der Waals surface area contributed by atoms with Crippen LogP contribution >= 0.6 is 7.92 Å². The third-order valence-electron chi connectivity index (χ3n) is 1.79. The summed E-state index contributed by atoms with van der Waals surface area (Å²) < 4.78 is 0. The highest BCUT2D eigenvalue weighted by atomic mass is 31.1. The van der Waals surface area contributed by atoms with E-state index in [0.29, 0.717) is 0 Å². The molecule has 0 unspecified atom stereocenters. The Labute approximate surface area is 67.2 Å². The number of rotatable bonds is 3. The summed E-state index contributed by atoms with van der Waals surface area (Å²) in [5.41, 5.74) is 2.69. The first-order valence-electron chi connectivity index (χ1n) is 4.24. The second-order valence-corrected chi connectivity index (χ2v) is 7.72. The van der Waals surface area contributed by atoms with Gasteiger partial charge in [-0.15, -0.1) is 0 Å². The first-order valence-corrected chi connectivity index (χ1v) is 5.79. The maximum Gasteiger partial charge on any atom is -0.0261 e. The molecule has 0 aromatic heterocycles. The highest BCUT2D eigenvalue weighted by Gasteiger charge is 2.19. The fourth-order valence-electron chi connectivity index (χ4n) is 1.79. The van der Waals surface area contributed by atoms with Crippen molar-refractivity contribution >= 4 is 7.92 Å². The summed E-state index contributed by atoms with van der Waals surface area (Å²) in [4.78, 5) is 0. The van der Waals surface area contributed by atoms with Crippen molar-refractivity contribution in [2.75, 3.05) is 0 Å². The zero-order valence-electron chi connectivity index (χ0n) is 8.18. The fraction of sp³-hybridized carbons (Fsp3) is 1.00. The SMILES string of the molecule is CC(C)P(C(C)C)C(C)C. The van der Waals surface area contributed by atoms with Gasteiger partial charge in [0.1, 0.15) is 0 Å². The van der Waals surface area contributed by atoms with Crippen molar-refractivity contribution in [2.45, 2.75) is 58.5 Å². The molecule has 0 spiro atoms. The largest absolute Gasteiger partial charge is 0.0988 e. The molecule has 62 valence electrons. The maximum atomic E-state index is 2.35.